The summed E-state index contributed by atoms with van der Waals surface area (Å²) in [6.07, 6.45) is 10.3. The predicted octanol–water partition coefficient (Wildman–Crippen LogP) is 2.22. The van der Waals surface area contributed by atoms with Gasteiger partial charge in [0.15, 0.2) is 0 Å². The second kappa shape index (κ2) is 4.15. The van der Waals surface area contributed by atoms with E-state index in [0.717, 1.165) is 6.54 Å². The maximum absolute atomic E-state index is 3.36. The van der Waals surface area contributed by atoms with E-state index in [9.17, 15) is 0 Å². The van der Waals surface area contributed by atoms with Crippen molar-refractivity contribution in [2.45, 2.75) is 26.2 Å². The Hall–Kier alpha value is -0.720. The van der Waals surface area contributed by atoms with Crippen LogP contribution in [0.5, 0.6) is 0 Å². The van der Waals surface area contributed by atoms with Crippen LogP contribution in [0.15, 0.2) is 23.9 Å². The molecule has 0 heterocycles. The van der Waals surface area contributed by atoms with E-state index in [4.69, 9.17) is 0 Å². The fraction of sp³-hybridized carbons (Fsp3) is 0.556. The van der Waals surface area contributed by atoms with Crippen molar-refractivity contribution >= 4 is 0 Å². The van der Waals surface area contributed by atoms with Crippen LogP contribution in [-0.2, 0) is 0 Å². The minimum atomic E-state index is 0.988. The quantitative estimate of drug-likeness (QED) is 0.588. The van der Waals surface area contributed by atoms with Crippen LogP contribution in [-0.4, -0.2) is 6.54 Å². The standard InChI is InChI=1S/C9H15N/c1-2-3-8-10-9-6-4-5-7-9/h2-3,6,10H,4-5,7-8H2,1H3. The van der Waals surface area contributed by atoms with E-state index in [1.807, 2.05) is 6.92 Å². The molecule has 1 rings (SSSR count). The number of allylic oxidation sites excluding steroid dienone is 3. The van der Waals surface area contributed by atoms with E-state index in [1.54, 1.807) is 0 Å². The summed E-state index contributed by atoms with van der Waals surface area (Å²) in [5, 5.41) is 3.36. The summed E-state index contributed by atoms with van der Waals surface area (Å²) in [5.41, 5.74) is 1.43. The Morgan fingerprint density at radius 2 is 2.60 bits per heavy atom. The third-order valence-electron chi connectivity index (χ3n) is 1.72. The highest BCUT2D eigenvalue weighted by atomic mass is 14.9. The molecule has 1 N–H and O–H groups in total. The first-order valence-electron chi connectivity index (χ1n) is 3.97. The molecule has 0 saturated carbocycles. The van der Waals surface area contributed by atoms with Gasteiger partial charge in [0.05, 0.1) is 0 Å². The van der Waals surface area contributed by atoms with Crippen molar-refractivity contribution in [1.82, 2.24) is 5.32 Å². The lowest BCUT2D eigenvalue weighted by atomic mass is 10.3. The Kier molecular flexibility index (Phi) is 3.07. The summed E-state index contributed by atoms with van der Waals surface area (Å²) in [5.74, 6) is 0. The van der Waals surface area contributed by atoms with Crippen LogP contribution in [0.2, 0.25) is 0 Å². The Morgan fingerprint density at radius 1 is 1.70 bits per heavy atom. The number of hydrogen-bond acceptors (Lipinski definition) is 1. The molecule has 0 aliphatic heterocycles. The molecule has 1 nitrogen and oxygen atoms in total. The van der Waals surface area contributed by atoms with Crippen molar-refractivity contribution in [2.24, 2.45) is 0 Å². The van der Waals surface area contributed by atoms with Gasteiger partial charge in [0.1, 0.15) is 0 Å². The zero-order valence-corrected chi connectivity index (χ0v) is 6.56. The average Bonchev–Trinajstić information content (AvgIpc) is 2.41. The normalized spacial score (nSPS) is 17.9. The molecule has 0 aromatic heterocycles. The van der Waals surface area contributed by atoms with Crippen LogP contribution in [0.1, 0.15) is 26.2 Å². The molecule has 0 aromatic rings. The van der Waals surface area contributed by atoms with Gasteiger partial charge in [0.2, 0.25) is 0 Å². The Balaban J connectivity index is 2.12. The first kappa shape index (κ1) is 7.39. The molecule has 0 saturated heterocycles. The van der Waals surface area contributed by atoms with Crippen molar-refractivity contribution < 1.29 is 0 Å². The maximum atomic E-state index is 3.36. The summed E-state index contributed by atoms with van der Waals surface area (Å²) in [7, 11) is 0. The Morgan fingerprint density at radius 3 is 3.20 bits per heavy atom. The van der Waals surface area contributed by atoms with Gasteiger partial charge in [-0.2, -0.15) is 0 Å². The third kappa shape index (κ3) is 2.26. The van der Waals surface area contributed by atoms with Crippen LogP contribution < -0.4 is 5.32 Å². The van der Waals surface area contributed by atoms with Gasteiger partial charge in [0, 0.05) is 12.2 Å². The average molecular weight is 137 g/mol. The van der Waals surface area contributed by atoms with Gasteiger partial charge in [-0.15, -0.1) is 0 Å². The fourth-order valence-electron chi connectivity index (χ4n) is 1.14. The summed E-state index contributed by atoms with van der Waals surface area (Å²) in [6, 6.07) is 0. The fourth-order valence-corrected chi connectivity index (χ4v) is 1.14. The van der Waals surface area contributed by atoms with Gasteiger partial charge in [-0.05, 0) is 26.2 Å². The molecule has 0 atom stereocenters. The van der Waals surface area contributed by atoms with Crippen molar-refractivity contribution in [2.75, 3.05) is 6.54 Å². The molecular weight excluding hydrogens is 122 g/mol. The van der Waals surface area contributed by atoms with Gasteiger partial charge in [0.25, 0.3) is 0 Å². The second-order valence-electron chi connectivity index (χ2n) is 2.57. The van der Waals surface area contributed by atoms with E-state index < -0.39 is 0 Å². The molecule has 56 valence electrons. The van der Waals surface area contributed by atoms with E-state index >= 15 is 0 Å². The van der Waals surface area contributed by atoms with E-state index in [2.05, 4.69) is 23.5 Å². The van der Waals surface area contributed by atoms with Crippen LogP contribution in [0.3, 0.4) is 0 Å². The summed E-state index contributed by atoms with van der Waals surface area (Å²) in [4.78, 5) is 0. The SMILES string of the molecule is CC=CCNC1=CCCC1. The Labute approximate surface area is 62.8 Å². The van der Waals surface area contributed by atoms with Crippen molar-refractivity contribution in [3.63, 3.8) is 0 Å². The molecule has 0 unspecified atom stereocenters. The first-order valence-corrected chi connectivity index (χ1v) is 3.97. The molecule has 0 bridgehead atoms. The van der Waals surface area contributed by atoms with Crippen molar-refractivity contribution in [3.8, 4) is 0 Å². The van der Waals surface area contributed by atoms with Crippen LogP contribution in [0.25, 0.3) is 0 Å². The predicted molar refractivity (Wildman–Crippen MR) is 44.8 cm³/mol. The zero-order valence-electron chi connectivity index (χ0n) is 6.56. The van der Waals surface area contributed by atoms with Crippen LogP contribution in [0, 0.1) is 0 Å². The minimum absolute atomic E-state index is 0.988. The molecule has 0 fully saturated rings. The first-order chi connectivity index (χ1) is 4.93. The van der Waals surface area contributed by atoms with E-state index in [0.29, 0.717) is 0 Å². The van der Waals surface area contributed by atoms with Crippen LogP contribution in [0.4, 0.5) is 0 Å². The lowest BCUT2D eigenvalue weighted by Gasteiger charge is -2.01. The maximum Gasteiger partial charge on any atom is 0.0327 e. The molecular formula is C9H15N. The number of hydrogen-bond donors (Lipinski definition) is 1. The van der Waals surface area contributed by atoms with Crippen LogP contribution >= 0.6 is 0 Å². The molecule has 0 radical (unpaired) electrons. The molecule has 1 aliphatic rings. The van der Waals surface area contributed by atoms with Crippen molar-refractivity contribution in [1.29, 1.82) is 0 Å². The zero-order chi connectivity index (χ0) is 7.23. The molecule has 1 heteroatoms. The van der Waals surface area contributed by atoms with E-state index in [1.165, 1.54) is 25.0 Å². The summed E-state index contributed by atoms with van der Waals surface area (Å²) < 4.78 is 0. The molecule has 0 spiro atoms. The monoisotopic (exact) mass is 137 g/mol. The molecule has 1 aliphatic carbocycles. The van der Waals surface area contributed by atoms with E-state index in [-0.39, 0.29) is 0 Å². The molecule has 0 aromatic carbocycles. The molecule has 10 heavy (non-hydrogen) atoms. The van der Waals surface area contributed by atoms with Gasteiger partial charge < -0.3 is 5.32 Å². The molecule has 0 amide bonds. The second-order valence-corrected chi connectivity index (χ2v) is 2.57. The summed E-state index contributed by atoms with van der Waals surface area (Å²) in [6.45, 7) is 3.03. The largest absolute Gasteiger partial charge is 0.385 e. The number of rotatable bonds is 3. The van der Waals surface area contributed by atoms with Gasteiger partial charge in [-0.25, -0.2) is 0 Å². The Bertz CT molecular complexity index is 145. The highest BCUT2D eigenvalue weighted by Gasteiger charge is 2.00. The lowest BCUT2D eigenvalue weighted by Crippen LogP contribution is -2.10. The highest BCUT2D eigenvalue weighted by molar-refractivity contribution is 5.06. The van der Waals surface area contributed by atoms with Crippen molar-refractivity contribution in [3.05, 3.63) is 23.9 Å². The van der Waals surface area contributed by atoms with Gasteiger partial charge in [-0.3, -0.25) is 0 Å². The third-order valence-corrected chi connectivity index (χ3v) is 1.72. The topological polar surface area (TPSA) is 12.0 Å². The highest BCUT2D eigenvalue weighted by Crippen LogP contribution is 2.13. The smallest absolute Gasteiger partial charge is 0.0327 e. The van der Waals surface area contributed by atoms with Gasteiger partial charge in [-0.1, -0.05) is 18.2 Å². The van der Waals surface area contributed by atoms with Gasteiger partial charge >= 0.3 is 0 Å². The summed E-state index contributed by atoms with van der Waals surface area (Å²) >= 11 is 0. The minimum Gasteiger partial charge on any atom is -0.385 e. The lowest BCUT2D eigenvalue weighted by molar-refractivity contribution is 0.814. The number of nitrogens with one attached hydrogen (secondary N) is 1.